The molecule has 3 N–H and O–H groups in total. The molecule has 0 saturated carbocycles. The molecule has 10 heteroatoms. The fourth-order valence-corrected chi connectivity index (χ4v) is 4.81. The van der Waals surface area contributed by atoms with Crippen LogP contribution < -0.4 is 5.32 Å². The Bertz CT molecular complexity index is 1340. The van der Waals surface area contributed by atoms with E-state index in [1.807, 2.05) is 48.5 Å². The predicted octanol–water partition coefficient (Wildman–Crippen LogP) is 5.59. The third-order valence-corrected chi connectivity index (χ3v) is 7.35. The van der Waals surface area contributed by atoms with Crippen LogP contribution in [0.4, 0.5) is 9.59 Å². The lowest BCUT2D eigenvalue weighted by Gasteiger charge is -2.35. The first kappa shape index (κ1) is 32.3. The number of fused-ring (bicyclic) bond motifs is 3. The van der Waals surface area contributed by atoms with Gasteiger partial charge in [0.1, 0.15) is 23.9 Å². The highest BCUT2D eigenvalue weighted by Gasteiger charge is 2.45. The second kappa shape index (κ2) is 12.8. The fraction of sp³-hybridized carbons (Fsp3) is 0.438. The summed E-state index contributed by atoms with van der Waals surface area (Å²) in [6.45, 7) is 10.7. The third kappa shape index (κ3) is 6.99. The van der Waals surface area contributed by atoms with E-state index in [4.69, 9.17) is 9.47 Å². The van der Waals surface area contributed by atoms with Crippen molar-refractivity contribution in [3.05, 3.63) is 70.9 Å². The van der Waals surface area contributed by atoms with Crippen LogP contribution in [0.1, 0.15) is 78.4 Å². The molecule has 0 heterocycles. The van der Waals surface area contributed by atoms with Crippen LogP contribution >= 0.6 is 0 Å². The van der Waals surface area contributed by atoms with E-state index < -0.39 is 47.0 Å². The topological polar surface area (TPSA) is 142 Å². The molecule has 0 spiro atoms. The average molecular weight is 581 g/mol. The van der Waals surface area contributed by atoms with Crippen molar-refractivity contribution in [2.75, 3.05) is 6.61 Å². The van der Waals surface area contributed by atoms with Gasteiger partial charge in [0, 0.05) is 5.92 Å². The van der Waals surface area contributed by atoms with Crippen LogP contribution in [0, 0.1) is 0 Å². The van der Waals surface area contributed by atoms with Crippen molar-refractivity contribution in [3.8, 4) is 11.1 Å². The number of alkyl carbamates (subject to hydrolysis) is 1. The molecule has 0 saturated heterocycles. The van der Waals surface area contributed by atoms with Crippen molar-refractivity contribution in [1.29, 1.82) is 0 Å². The molecule has 3 rings (SSSR count). The zero-order valence-corrected chi connectivity index (χ0v) is 25.2. The average Bonchev–Trinajstić information content (AvgIpc) is 3.25. The minimum atomic E-state index is -1.88. The number of ether oxygens (including phenoxy) is 2. The first-order chi connectivity index (χ1) is 19.6. The lowest BCUT2D eigenvalue weighted by Crippen LogP contribution is -2.61. The number of carboxylic acids is 1. The SMILES string of the molecule is CC/C(C)=C(/C(=O)O)N(C(=O)OC(C)(C)C)C(=O)[C@@H](NC(=O)OCC1c2ccccc2-c2ccccc21)[C@](C)(O)CC. The van der Waals surface area contributed by atoms with Crippen LogP contribution in [0.5, 0.6) is 0 Å². The molecule has 1 aliphatic carbocycles. The maximum atomic E-state index is 14.0. The van der Waals surface area contributed by atoms with E-state index in [2.05, 4.69) is 5.32 Å². The van der Waals surface area contributed by atoms with Gasteiger partial charge in [0.15, 0.2) is 0 Å². The number of nitrogens with zero attached hydrogens (tertiary/aromatic N) is 1. The van der Waals surface area contributed by atoms with Gasteiger partial charge in [-0.2, -0.15) is 0 Å². The van der Waals surface area contributed by atoms with E-state index in [1.54, 1.807) is 34.6 Å². The van der Waals surface area contributed by atoms with E-state index in [-0.39, 0.29) is 30.9 Å². The normalized spacial score (nSPS) is 15.3. The minimum absolute atomic E-state index is 0.0197. The van der Waals surface area contributed by atoms with Gasteiger partial charge in [-0.1, -0.05) is 62.4 Å². The zero-order valence-electron chi connectivity index (χ0n) is 25.2. The number of allylic oxidation sites excluding steroid dienone is 1. The van der Waals surface area contributed by atoms with Crippen molar-refractivity contribution in [3.63, 3.8) is 0 Å². The summed E-state index contributed by atoms with van der Waals surface area (Å²) in [6, 6.07) is 13.9. The number of nitrogens with one attached hydrogen (secondary N) is 1. The third-order valence-electron chi connectivity index (χ3n) is 7.35. The summed E-state index contributed by atoms with van der Waals surface area (Å²) in [4.78, 5) is 53.1. The highest BCUT2D eigenvalue weighted by molar-refractivity contribution is 6.05. The Kier molecular flexibility index (Phi) is 9.83. The summed E-state index contributed by atoms with van der Waals surface area (Å²) in [5.74, 6) is -2.96. The second-order valence-electron chi connectivity index (χ2n) is 11.6. The van der Waals surface area contributed by atoms with Gasteiger partial charge < -0.3 is 25.0 Å². The molecule has 0 fully saturated rings. The van der Waals surface area contributed by atoms with E-state index >= 15 is 0 Å². The standard InChI is InChI=1S/C32H40N2O8/c1-8-19(3)25(28(36)37)34(30(39)42-31(4,5)6)27(35)26(32(7,40)9-2)33-29(38)41-18-24-22-16-12-10-14-20(22)21-15-11-13-17-23(21)24/h10-17,24,26,40H,8-9,18H2,1-7H3,(H,33,38)(H,36,37)/b25-19-/t26-,32-/m1/s1. The van der Waals surface area contributed by atoms with Crippen LogP contribution in [0.2, 0.25) is 0 Å². The number of aliphatic carboxylic acids is 1. The molecule has 10 nitrogen and oxygen atoms in total. The highest BCUT2D eigenvalue weighted by atomic mass is 16.6. The number of rotatable bonds is 9. The number of carbonyl (C=O) groups is 4. The van der Waals surface area contributed by atoms with E-state index in [1.165, 1.54) is 13.8 Å². The van der Waals surface area contributed by atoms with Crippen LogP contribution in [0.25, 0.3) is 11.1 Å². The first-order valence-electron chi connectivity index (χ1n) is 14.0. The number of aliphatic hydroxyl groups is 1. The molecular formula is C32H40N2O8. The number of carbonyl (C=O) groups excluding carboxylic acids is 3. The number of imide groups is 1. The van der Waals surface area contributed by atoms with Crippen LogP contribution in [-0.4, -0.2) is 63.0 Å². The molecule has 0 radical (unpaired) electrons. The maximum absolute atomic E-state index is 14.0. The Morgan fingerprint density at radius 3 is 1.93 bits per heavy atom. The second-order valence-corrected chi connectivity index (χ2v) is 11.6. The maximum Gasteiger partial charge on any atom is 0.422 e. The predicted molar refractivity (Wildman–Crippen MR) is 157 cm³/mol. The van der Waals surface area contributed by atoms with Gasteiger partial charge in [-0.05, 0) is 75.3 Å². The number of carboxylic acid groups (broad SMARTS) is 1. The number of hydrogen-bond donors (Lipinski definition) is 3. The fourth-order valence-electron chi connectivity index (χ4n) is 4.81. The largest absolute Gasteiger partial charge is 0.477 e. The van der Waals surface area contributed by atoms with Crippen molar-refractivity contribution < 1.29 is 38.9 Å². The highest BCUT2D eigenvalue weighted by Crippen LogP contribution is 2.44. The van der Waals surface area contributed by atoms with Gasteiger partial charge in [-0.25, -0.2) is 19.3 Å². The molecule has 3 amide bonds. The Hall–Kier alpha value is -4.18. The molecule has 0 unspecified atom stereocenters. The molecule has 0 bridgehead atoms. The molecule has 42 heavy (non-hydrogen) atoms. The van der Waals surface area contributed by atoms with E-state index in [9.17, 15) is 29.4 Å². The van der Waals surface area contributed by atoms with Gasteiger partial charge in [-0.15, -0.1) is 0 Å². The molecule has 2 aromatic rings. The molecule has 0 aromatic heterocycles. The summed E-state index contributed by atoms with van der Waals surface area (Å²) in [6.07, 6.45) is -2.07. The summed E-state index contributed by atoms with van der Waals surface area (Å²) < 4.78 is 11.0. The van der Waals surface area contributed by atoms with Gasteiger partial charge in [0.2, 0.25) is 0 Å². The molecule has 2 aromatic carbocycles. The Morgan fingerprint density at radius 1 is 0.952 bits per heavy atom. The lowest BCUT2D eigenvalue weighted by molar-refractivity contribution is -0.143. The molecule has 226 valence electrons. The minimum Gasteiger partial charge on any atom is -0.477 e. The Balaban J connectivity index is 1.93. The van der Waals surface area contributed by atoms with Gasteiger partial charge in [-0.3, -0.25) is 4.79 Å². The van der Waals surface area contributed by atoms with E-state index in [0.29, 0.717) is 4.90 Å². The number of benzene rings is 2. The van der Waals surface area contributed by atoms with E-state index in [0.717, 1.165) is 22.3 Å². The smallest absolute Gasteiger partial charge is 0.422 e. The van der Waals surface area contributed by atoms with Gasteiger partial charge in [0.25, 0.3) is 5.91 Å². The zero-order chi connectivity index (χ0) is 31.4. The summed E-state index contributed by atoms with van der Waals surface area (Å²) in [5, 5.41) is 23.6. The Labute approximate surface area is 246 Å². The molecule has 1 aliphatic rings. The van der Waals surface area contributed by atoms with Crippen molar-refractivity contribution >= 4 is 24.1 Å². The number of hydrogen-bond acceptors (Lipinski definition) is 7. The van der Waals surface area contributed by atoms with Crippen molar-refractivity contribution in [2.45, 2.75) is 84.5 Å². The van der Waals surface area contributed by atoms with Crippen molar-refractivity contribution in [2.24, 2.45) is 0 Å². The first-order valence-corrected chi connectivity index (χ1v) is 14.0. The molecular weight excluding hydrogens is 540 g/mol. The Morgan fingerprint density at radius 2 is 1.48 bits per heavy atom. The monoisotopic (exact) mass is 580 g/mol. The molecule has 0 aliphatic heterocycles. The summed E-state index contributed by atoms with van der Waals surface area (Å²) >= 11 is 0. The van der Waals surface area contributed by atoms with Crippen LogP contribution in [0.3, 0.4) is 0 Å². The summed E-state index contributed by atoms with van der Waals surface area (Å²) in [5.41, 5.74) is 0.715. The number of amides is 3. The lowest BCUT2D eigenvalue weighted by atomic mass is 9.92. The van der Waals surface area contributed by atoms with Gasteiger partial charge in [0.05, 0.1) is 5.60 Å². The quantitative estimate of drug-likeness (QED) is 0.326. The van der Waals surface area contributed by atoms with Gasteiger partial charge >= 0.3 is 18.2 Å². The molecule has 2 atom stereocenters. The van der Waals surface area contributed by atoms with Crippen LogP contribution in [0.15, 0.2) is 59.8 Å². The van der Waals surface area contributed by atoms with Crippen molar-refractivity contribution in [1.82, 2.24) is 10.2 Å². The van der Waals surface area contributed by atoms with Crippen LogP contribution in [-0.2, 0) is 19.1 Å². The summed E-state index contributed by atoms with van der Waals surface area (Å²) in [7, 11) is 0.